The summed E-state index contributed by atoms with van der Waals surface area (Å²) in [6.45, 7) is 8.64. The van der Waals surface area contributed by atoms with Crippen molar-refractivity contribution in [2.45, 2.75) is 24.0 Å². The highest BCUT2D eigenvalue weighted by Gasteiger charge is 2.25. The summed E-state index contributed by atoms with van der Waals surface area (Å²) in [7, 11) is 0. The number of nitrogens with zero attached hydrogens (tertiary/aromatic N) is 4. The lowest BCUT2D eigenvalue weighted by Crippen LogP contribution is -2.46. The number of amides is 1. The Balaban J connectivity index is 0.000000406. The second-order valence-corrected chi connectivity index (χ2v) is 12.4. The molecule has 4 heterocycles. The van der Waals surface area contributed by atoms with E-state index >= 15 is 0 Å². The number of aliphatic carboxylic acids is 2. The Kier molecular flexibility index (Phi) is 10.5. The van der Waals surface area contributed by atoms with Crippen LogP contribution < -0.4 is 4.90 Å². The van der Waals surface area contributed by atoms with Gasteiger partial charge in [0.05, 0.1) is 9.77 Å². The molecule has 0 unspecified atom stereocenters. The van der Waals surface area contributed by atoms with Gasteiger partial charge in [0.15, 0.2) is 5.58 Å². The van der Waals surface area contributed by atoms with Gasteiger partial charge in [0.2, 0.25) is 0 Å². The van der Waals surface area contributed by atoms with E-state index in [1.54, 1.807) is 11.3 Å². The van der Waals surface area contributed by atoms with Gasteiger partial charge in [0.1, 0.15) is 5.52 Å². The number of aromatic nitrogens is 1. The molecule has 2 aromatic heterocycles. The molecule has 13 heteroatoms. The molecular weight excluding hydrogens is 576 g/mol. The second kappa shape index (κ2) is 14.0. The summed E-state index contributed by atoms with van der Waals surface area (Å²) in [5, 5.41) is 16.3. The average molecular weight is 607 g/mol. The monoisotopic (exact) mass is 606 g/mol. The van der Waals surface area contributed by atoms with E-state index in [2.05, 4.69) is 27.8 Å². The molecule has 2 aliphatic heterocycles. The van der Waals surface area contributed by atoms with Gasteiger partial charge in [0, 0.05) is 67.1 Å². The quantitative estimate of drug-likeness (QED) is 0.275. The SMILES string of the molecule is Cc1cc2c(s1)SCCN(CCCCN1CCN(c3nc4cc(Cl)ccc4o3)CC1)C2=O.O=C(O)/C=C\C(=O)O. The Morgan fingerprint density at radius 3 is 2.45 bits per heavy atom. The summed E-state index contributed by atoms with van der Waals surface area (Å²) in [5.41, 5.74) is 2.49. The summed E-state index contributed by atoms with van der Waals surface area (Å²) < 4.78 is 7.10. The number of halogens is 1. The molecule has 3 aromatic rings. The van der Waals surface area contributed by atoms with Crippen LogP contribution in [0.3, 0.4) is 0 Å². The normalized spacial score (nSPS) is 16.1. The maximum absolute atomic E-state index is 12.9. The molecule has 10 nitrogen and oxygen atoms in total. The van der Waals surface area contributed by atoms with E-state index in [1.807, 2.05) is 34.9 Å². The van der Waals surface area contributed by atoms with Crippen LogP contribution in [0.2, 0.25) is 5.02 Å². The van der Waals surface area contributed by atoms with E-state index in [1.165, 1.54) is 9.09 Å². The first kappa shape index (κ1) is 29.9. The number of carbonyl (C=O) groups excluding carboxylic acids is 1. The van der Waals surface area contributed by atoms with E-state index in [4.69, 9.17) is 26.2 Å². The average Bonchev–Trinajstić information content (AvgIpc) is 3.48. The van der Waals surface area contributed by atoms with Crippen molar-refractivity contribution in [3.8, 4) is 0 Å². The van der Waals surface area contributed by atoms with E-state index in [0.29, 0.717) is 23.2 Å². The molecule has 214 valence electrons. The van der Waals surface area contributed by atoms with Gasteiger partial charge in [0.25, 0.3) is 11.9 Å². The molecule has 0 spiro atoms. The van der Waals surface area contributed by atoms with E-state index in [-0.39, 0.29) is 5.91 Å². The number of carboxylic acids is 2. The van der Waals surface area contributed by atoms with Crippen LogP contribution in [0.4, 0.5) is 6.01 Å². The number of piperazine rings is 1. The summed E-state index contributed by atoms with van der Waals surface area (Å²) >= 11 is 9.63. The third-order valence-corrected chi connectivity index (χ3v) is 8.99. The predicted molar refractivity (Wildman–Crippen MR) is 157 cm³/mol. The van der Waals surface area contributed by atoms with Crippen molar-refractivity contribution in [1.82, 2.24) is 14.8 Å². The topological polar surface area (TPSA) is 127 Å². The molecule has 1 aromatic carbocycles. The minimum atomic E-state index is -1.26. The zero-order valence-corrected chi connectivity index (χ0v) is 24.4. The number of unbranched alkanes of at least 4 members (excludes halogenated alkanes) is 1. The molecular formula is C27H31ClN4O6S2. The first-order chi connectivity index (χ1) is 19.2. The molecule has 0 atom stereocenters. The summed E-state index contributed by atoms with van der Waals surface area (Å²) in [4.78, 5) is 44.6. The van der Waals surface area contributed by atoms with Gasteiger partial charge in [-0.2, -0.15) is 4.98 Å². The summed E-state index contributed by atoms with van der Waals surface area (Å²) in [5.74, 6) is -1.31. The largest absolute Gasteiger partial charge is 0.478 e. The van der Waals surface area contributed by atoms with Crippen molar-refractivity contribution in [2.75, 3.05) is 56.5 Å². The number of carboxylic acid groups (broad SMARTS) is 2. The number of anilines is 1. The van der Waals surface area contributed by atoms with Gasteiger partial charge < -0.3 is 24.4 Å². The van der Waals surface area contributed by atoms with E-state index < -0.39 is 11.9 Å². The fourth-order valence-electron chi connectivity index (χ4n) is 4.45. The summed E-state index contributed by atoms with van der Waals surface area (Å²) in [6.07, 6.45) is 3.26. The number of aryl methyl sites for hydroxylation is 1. The number of carbonyl (C=O) groups is 3. The third kappa shape index (κ3) is 8.23. The molecule has 0 aliphatic carbocycles. The number of benzene rings is 1. The fraction of sp³-hybridized carbons (Fsp3) is 0.407. The van der Waals surface area contributed by atoms with Gasteiger partial charge >= 0.3 is 11.9 Å². The van der Waals surface area contributed by atoms with E-state index in [9.17, 15) is 14.4 Å². The standard InChI is InChI=1S/C23H27ClN4O2S2.C4H4O4/c1-16-14-18-21(29)27(12-13-31-22(18)32-16)7-3-2-6-26-8-10-28(11-9-26)23-25-19-15-17(24)4-5-20(19)30-23;5-3(6)1-2-4(7)8/h4-5,14-15H,2-3,6-13H2,1H3;1-2H,(H,5,6)(H,7,8)/b;2-1-. The van der Waals surface area contributed by atoms with Crippen LogP contribution in [0.25, 0.3) is 11.1 Å². The van der Waals surface area contributed by atoms with Crippen LogP contribution in [0.15, 0.2) is 45.0 Å². The van der Waals surface area contributed by atoms with Gasteiger partial charge in [-0.3, -0.25) is 9.69 Å². The zero-order chi connectivity index (χ0) is 28.6. The van der Waals surface area contributed by atoms with Gasteiger partial charge in [-0.05, 0) is 50.6 Å². The maximum Gasteiger partial charge on any atom is 0.328 e. The van der Waals surface area contributed by atoms with Gasteiger partial charge in [-0.25, -0.2) is 9.59 Å². The van der Waals surface area contributed by atoms with Crippen molar-refractivity contribution in [1.29, 1.82) is 0 Å². The minimum Gasteiger partial charge on any atom is -0.478 e. The zero-order valence-electron chi connectivity index (χ0n) is 22.0. The Morgan fingerprint density at radius 1 is 1.05 bits per heavy atom. The molecule has 2 aliphatic rings. The number of thioether (sulfide) groups is 1. The molecule has 2 N–H and O–H groups in total. The highest BCUT2D eigenvalue weighted by Crippen LogP contribution is 2.35. The van der Waals surface area contributed by atoms with Crippen LogP contribution in [0, 0.1) is 6.92 Å². The van der Waals surface area contributed by atoms with Crippen molar-refractivity contribution in [3.63, 3.8) is 0 Å². The molecule has 0 bridgehead atoms. The van der Waals surface area contributed by atoms with Crippen molar-refractivity contribution in [2.24, 2.45) is 0 Å². The lowest BCUT2D eigenvalue weighted by molar-refractivity contribution is -0.134. The van der Waals surface area contributed by atoms with Crippen molar-refractivity contribution < 1.29 is 29.0 Å². The summed E-state index contributed by atoms with van der Waals surface area (Å²) in [6, 6.07) is 8.28. The van der Waals surface area contributed by atoms with Crippen LogP contribution in [0.5, 0.6) is 0 Å². The Labute approximate surface area is 245 Å². The molecule has 5 rings (SSSR count). The number of thiophene rings is 1. The van der Waals surface area contributed by atoms with E-state index in [0.717, 1.165) is 81.1 Å². The van der Waals surface area contributed by atoms with Crippen molar-refractivity contribution in [3.05, 3.63) is 51.9 Å². The van der Waals surface area contributed by atoms with Gasteiger partial charge in [-0.1, -0.05) is 11.6 Å². The fourth-order valence-corrected chi connectivity index (χ4v) is 7.02. The highest BCUT2D eigenvalue weighted by atomic mass is 35.5. The molecule has 1 amide bonds. The third-order valence-electron chi connectivity index (χ3n) is 6.44. The van der Waals surface area contributed by atoms with Gasteiger partial charge in [-0.15, -0.1) is 23.1 Å². The number of oxazole rings is 1. The van der Waals surface area contributed by atoms with Crippen LogP contribution in [-0.4, -0.2) is 94.4 Å². The number of rotatable bonds is 8. The number of fused-ring (bicyclic) bond motifs is 2. The van der Waals surface area contributed by atoms with Crippen molar-refractivity contribution >= 4 is 69.7 Å². The maximum atomic E-state index is 12.9. The molecule has 1 fully saturated rings. The Bertz CT molecular complexity index is 1370. The first-order valence-electron chi connectivity index (χ1n) is 12.9. The highest BCUT2D eigenvalue weighted by molar-refractivity contribution is 8.01. The number of hydrogen-bond donors (Lipinski definition) is 2. The lowest BCUT2D eigenvalue weighted by atomic mass is 10.2. The molecule has 40 heavy (non-hydrogen) atoms. The first-order valence-corrected chi connectivity index (χ1v) is 15.1. The number of hydrogen-bond acceptors (Lipinski definition) is 9. The Hall–Kier alpha value is -3.06. The minimum absolute atomic E-state index is 0.211. The second-order valence-electron chi connectivity index (χ2n) is 9.35. The Morgan fingerprint density at radius 2 is 1.75 bits per heavy atom. The lowest BCUT2D eigenvalue weighted by Gasteiger charge is -2.33. The predicted octanol–water partition coefficient (Wildman–Crippen LogP) is 4.71. The van der Waals surface area contributed by atoms with Crippen LogP contribution in [0.1, 0.15) is 28.1 Å². The molecule has 0 saturated carbocycles. The van der Waals surface area contributed by atoms with Crippen LogP contribution in [-0.2, 0) is 9.59 Å². The smallest absolute Gasteiger partial charge is 0.328 e. The molecule has 0 radical (unpaired) electrons. The van der Waals surface area contributed by atoms with Crippen LogP contribution >= 0.6 is 34.7 Å². The molecule has 1 saturated heterocycles.